The van der Waals surface area contributed by atoms with Gasteiger partial charge in [0, 0.05) is 31.3 Å². The van der Waals surface area contributed by atoms with Gasteiger partial charge in [0.05, 0.1) is 6.61 Å². The molecule has 2 rings (SSSR count). The Morgan fingerprint density at radius 1 is 1.47 bits per heavy atom. The maximum absolute atomic E-state index is 5.43. The zero-order valence-corrected chi connectivity index (χ0v) is 10.2. The van der Waals surface area contributed by atoms with Gasteiger partial charge in [0.1, 0.15) is 0 Å². The second-order valence-electron chi connectivity index (χ2n) is 5.30. The zero-order chi connectivity index (χ0) is 10.8. The molecule has 0 aliphatic carbocycles. The van der Waals surface area contributed by atoms with Gasteiger partial charge < -0.3 is 15.0 Å². The number of nitrogens with one attached hydrogen (secondary N) is 1. The van der Waals surface area contributed by atoms with E-state index in [2.05, 4.69) is 31.1 Å². The highest BCUT2D eigenvalue weighted by Crippen LogP contribution is 2.20. The molecule has 0 amide bonds. The summed E-state index contributed by atoms with van der Waals surface area (Å²) in [5.41, 5.74) is 0. The molecule has 0 bridgehead atoms. The standard InChI is InChI=1S/C12H24N2O/c1-9-6-12(7-14(9)3)13-10(2)11-4-5-15-8-11/h9-13H,4-8H2,1-3H3. The van der Waals surface area contributed by atoms with Crippen molar-refractivity contribution in [3.05, 3.63) is 0 Å². The van der Waals surface area contributed by atoms with Crippen LogP contribution in [-0.4, -0.2) is 49.8 Å². The lowest BCUT2D eigenvalue weighted by Crippen LogP contribution is -2.42. The molecule has 2 heterocycles. The van der Waals surface area contributed by atoms with Crippen molar-refractivity contribution in [3.8, 4) is 0 Å². The van der Waals surface area contributed by atoms with Crippen LogP contribution in [0.25, 0.3) is 0 Å². The Hall–Kier alpha value is -0.120. The largest absolute Gasteiger partial charge is 0.381 e. The molecule has 0 aromatic carbocycles. The van der Waals surface area contributed by atoms with Crippen molar-refractivity contribution in [3.63, 3.8) is 0 Å². The summed E-state index contributed by atoms with van der Waals surface area (Å²) in [6.45, 7) is 7.72. The summed E-state index contributed by atoms with van der Waals surface area (Å²) in [7, 11) is 2.22. The molecular formula is C12H24N2O. The molecule has 3 heteroatoms. The molecule has 1 N–H and O–H groups in total. The summed E-state index contributed by atoms with van der Waals surface area (Å²) in [6, 6.07) is 2.02. The Balaban J connectivity index is 1.76. The highest BCUT2D eigenvalue weighted by molar-refractivity contribution is 4.88. The number of hydrogen-bond acceptors (Lipinski definition) is 3. The van der Waals surface area contributed by atoms with E-state index >= 15 is 0 Å². The van der Waals surface area contributed by atoms with E-state index < -0.39 is 0 Å². The number of ether oxygens (including phenoxy) is 1. The molecule has 2 aliphatic rings. The maximum Gasteiger partial charge on any atom is 0.0509 e. The fourth-order valence-corrected chi connectivity index (χ4v) is 2.77. The van der Waals surface area contributed by atoms with Crippen molar-refractivity contribution < 1.29 is 4.74 Å². The number of likely N-dealkylation sites (N-methyl/N-ethyl adjacent to an activating group) is 1. The van der Waals surface area contributed by atoms with Crippen LogP contribution in [0.15, 0.2) is 0 Å². The van der Waals surface area contributed by atoms with Gasteiger partial charge in [-0.15, -0.1) is 0 Å². The van der Waals surface area contributed by atoms with Crippen molar-refractivity contribution in [1.29, 1.82) is 0 Å². The summed E-state index contributed by atoms with van der Waals surface area (Å²) in [5.74, 6) is 0.728. The molecule has 0 radical (unpaired) electrons. The fraction of sp³-hybridized carbons (Fsp3) is 1.00. The van der Waals surface area contributed by atoms with Crippen molar-refractivity contribution in [2.24, 2.45) is 5.92 Å². The van der Waals surface area contributed by atoms with Crippen molar-refractivity contribution in [1.82, 2.24) is 10.2 Å². The predicted octanol–water partition coefficient (Wildman–Crippen LogP) is 1.09. The van der Waals surface area contributed by atoms with E-state index in [0.717, 1.165) is 25.2 Å². The topological polar surface area (TPSA) is 24.5 Å². The molecule has 0 saturated carbocycles. The van der Waals surface area contributed by atoms with Gasteiger partial charge >= 0.3 is 0 Å². The minimum absolute atomic E-state index is 0.608. The van der Waals surface area contributed by atoms with Crippen LogP contribution in [0.4, 0.5) is 0 Å². The van der Waals surface area contributed by atoms with Crippen molar-refractivity contribution >= 4 is 0 Å². The molecule has 0 spiro atoms. The molecule has 3 nitrogen and oxygen atoms in total. The first kappa shape index (κ1) is 11.4. The van der Waals surface area contributed by atoms with E-state index in [1.165, 1.54) is 19.4 Å². The number of rotatable bonds is 3. The minimum atomic E-state index is 0.608. The summed E-state index contributed by atoms with van der Waals surface area (Å²) in [6.07, 6.45) is 2.51. The molecule has 4 unspecified atom stereocenters. The summed E-state index contributed by atoms with van der Waals surface area (Å²) >= 11 is 0. The lowest BCUT2D eigenvalue weighted by molar-refractivity contribution is 0.176. The molecule has 15 heavy (non-hydrogen) atoms. The van der Waals surface area contributed by atoms with Crippen LogP contribution in [0.3, 0.4) is 0 Å². The molecular weight excluding hydrogens is 188 g/mol. The molecule has 2 aliphatic heterocycles. The summed E-state index contributed by atoms with van der Waals surface area (Å²) < 4.78 is 5.43. The van der Waals surface area contributed by atoms with Gasteiger partial charge in [0.2, 0.25) is 0 Å². The number of likely N-dealkylation sites (tertiary alicyclic amines) is 1. The van der Waals surface area contributed by atoms with E-state index in [9.17, 15) is 0 Å². The average molecular weight is 212 g/mol. The van der Waals surface area contributed by atoms with Gasteiger partial charge in [-0.2, -0.15) is 0 Å². The Kier molecular flexibility index (Phi) is 3.65. The van der Waals surface area contributed by atoms with E-state index in [-0.39, 0.29) is 0 Å². The molecule has 2 fully saturated rings. The van der Waals surface area contributed by atoms with Gasteiger partial charge in [0.25, 0.3) is 0 Å². The third-order valence-electron chi connectivity index (χ3n) is 4.06. The quantitative estimate of drug-likeness (QED) is 0.758. The third-order valence-corrected chi connectivity index (χ3v) is 4.06. The Morgan fingerprint density at radius 2 is 2.27 bits per heavy atom. The van der Waals surface area contributed by atoms with Gasteiger partial charge in [-0.3, -0.25) is 0 Å². The van der Waals surface area contributed by atoms with Gasteiger partial charge in [-0.25, -0.2) is 0 Å². The first-order valence-corrected chi connectivity index (χ1v) is 6.21. The molecule has 4 atom stereocenters. The third kappa shape index (κ3) is 2.71. The Labute approximate surface area is 93.2 Å². The van der Waals surface area contributed by atoms with E-state index in [0.29, 0.717) is 12.1 Å². The lowest BCUT2D eigenvalue weighted by Gasteiger charge is -2.23. The van der Waals surface area contributed by atoms with Crippen LogP contribution in [0.2, 0.25) is 0 Å². The van der Waals surface area contributed by atoms with Crippen LogP contribution in [-0.2, 0) is 4.74 Å². The summed E-state index contributed by atoms with van der Waals surface area (Å²) in [5, 5.41) is 3.76. The molecule has 0 aromatic rings. The monoisotopic (exact) mass is 212 g/mol. The molecule has 0 aromatic heterocycles. The average Bonchev–Trinajstić information content (AvgIpc) is 2.77. The highest BCUT2D eigenvalue weighted by atomic mass is 16.5. The summed E-state index contributed by atoms with van der Waals surface area (Å²) in [4.78, 5) is 2.44. The van der Waals surface area contributed by atoms with Crippen LogP contribution in [0.1, 0.15) is 26.7 Å². The van der Waals surface area contributed by atoms with E-state index in [1.54, 1.807) is 0 Å². The fourth-order valence-electron chi connectivity index (χ4n) is 2.77. The van der Waals surface area contributed by atoms with Gasteiger partial charge in [0.15, 0.2) is 0 Å². The zero-order valence-electron chi connectivity index (χ0n) is 10.2. The van der Waals surface area contributed by atoms with Crippen molar-refractivity contribution in [2.45, 2.75) is 44.8 Å². The Morgan fingerprint density at radius 3 is 2.80 bits per heavy atom. The Bertz CT molecular complexity index is 194. The first-order valence-electron chi connectivity index (χ1n) is 6.21. The SMILES string of the molecule is CC(NC1CC(C)N(C)C1)C1CCOC1. The normalized spacial score (nSPS) is 39.8. The van der Waals surface area contributed by atoms with Gasteiger partial charge in [-0.05, 0) is 39.7 Å². The van der Waals surface area contributed by atoms with E-state index in [4.69, 9.17) is 4.74 Å². The maximum atomic E-state index is 5.43. The van der Waals surface area contributed by atoms with Gasteiger partial charge in [-0.1, -0.05) is 0 Å². The predicted molar refractivity (Wildman–Crippen MR) is 62.0 cm³/mol. The van der Waals surface area contributed by atoms with Crippen molar-refractivity contribution in [2.75, 3.05) is 26.8 Å². The first-order chi connectivity index (χ1) is 7.16. The molecule has 2 saturated heterocycles. The van der Waals surface area contributed by atoms with Crippen LogP contribution >= 0.6 is 0 Å². The second-order valence-corrected chi connectivity index (χ2v) is 5.30. The number of hydrogen-bond donors (Lipinski definition) is 1. The van der Waals surface area contributed by atoms with Crippen LogP contribution < -0.4 is 5.32 Å². The smallest absolute Gasteiger partial charge is 0.0509 e. The van der Waals surface area contributed by atoms with Crippen LogP contribution in [0.5, 0.6) is 0 Å². The minimum Gasteiger partial charge on any atom is -0.381 e. The lowest BCUT2D eigenvalue weighted by atomic mass is 9.99. The van der Waals surface area contributed by atoms with Crippen LogP contribution in [0, 0.1) is 5.92 Å². The number of nitrogens with zero attached hydrogens (tertiary/aromatic N) is 1. The highest BCUT2D eigenvalue weighted by Gasteiger charge is 2.29. The van der Waals surface area contributed by atoms with E-state index in [1.807, 2.05) is 0 Å². The molecule has 88 valence electrons. The second kappa shape index (κ2) is 4.81.